The molecule has 0 atom stereocenters. The lowest BCUT2D eigenvalue weighted by Crippen LogP contribution is -2.43. The van der Waals surface area contributed by atoms with Crippen molar-refractivity contribution in [1.82, 2.24) is 10.6 Å². The average Bonchev–Trinajstić information content (AvgIpc) is 3.20. The van der Waals surface area contributed by atoms with Gasteiger partial charge in [0, 0.05) is 33.9 Å². The van der Waals surface area contributed by atoms with Crippen molar-refractivity contribution < 1.29 is 14.2 Å². The fourth-order valence-corrected chi connectivity index (χ4v) is 3.70. The number of methoxy groups -OCH3 is 2. The molecule has 1 aromatic rings. The van der Waals surface area contributed by atoms with Crippen LogP contribution in [0.15, 0.2) is 23.2 Å². The SMILES string of the molecule is C#CCOc1cc(CNC(=NC)NCC2(CCOC)CCCC2)ccc1OC.I. The highest BCUT2D eigenvalue weighted by atomic mass is 127. The zero-order valence-corrected chi connectivity index (χ0v) is 20.1. The molecule has 7 heteroatoms. The Morgan fingerprint density at radius 3 is 2.59 bits per heavy atom. The van der Waals surface area contributed by atoms with E-state index in [4.69, 9.17) is 20.6 Å². The van der Waals surface area contributed by atoms with Gasteiger partial charge in [-0.05, 0) is 42.4 Å². The molecule has 1 aromatic carbocycles. The monoisotopic (exact) mass is 515 g/mol. The smallest absolute Gasteiger partial charge is 0.191 e. The van der Waals surface area contributed by atoms with Crippen LogP contribution in [-0.2, 0) is 11.3 Å². The van der Waals surface area contributed by atoms with Crippen molar-refractivity contribution in [2.45, 2.75) is 38.6 Å². The van der Waals surface area contributed by atoms with Gasteiger partial charge in [-0.1, -0.05) is 24.8 Å². The summed E-state index contributed by atoms with van der Waals surface area (Å²) in [6, 6.07) is 5.82. The lowest BCUT2D eigenvalue weighted by Gasteiger charge is -2.30. The molecule has 0 spiro atoms. The van der Waals surface area contributed by atoms with Gasteiger partial charge in [0.25, 0.3) is 0 Å². The molecule has 1 aliphatic rings. The normalized spacial score (nSPS) is 15.2. The zero-order chi connectivity index (χ0) is 20.2. The highest BCUT2D eigenvalue weighted by Gasteiger charge is 2.33. The predicted molar refractivity (Wildman–Crippen MR) is 128 cm³/mol. The first-order valence-electron chi connectivity index (χ1n) is 9.83. The number of terminal acetylenes is 1. The van der Waals surface area contributed by atoms with Crippen molar-refractivity contribution in [3.63, 3.8) is 0 Å². The van der Waals surface area contributed by atoms with Gasteiger partial charge < -0.3 is 24.8 Å². The summed E-state index contributed by atoms with van der Waals surface area (Å²) in [6.45, 7) is 2.55. The summed E-state index contributed by atoms with van der Waals surface area (Å²) < 4.78 is 16.2. The van der Waals surface area contributed by atoms with Crippen LogP contribution in [0.2, 0.25) is 0 Å². The summed E-state index contributed by atoms with van der Waals surface area (Å²) in [4.78, 5) is 4.36. The molecular weight excluding hydrogens is 481 g/mol. The van der Waals surface area contributed by atoms with E-state index in [9.17, 15) is 0 Å². The molecule has 0 bridgehead atoms. The number of halogens is 1. The molecule has 0 radical (unpaired) electrons. The van der Waals surface area contributed by atoms with Crippen molar-refractivity contribution >= 4 is 29.9 Å². The molecule has 0 saturated heterocycles. The maximum atomic E-state index is 5.57. The second-order valence-electron chi connectivity index (χ2n) is 7.21. The number of nitrogens with zero attached hydrogens (tertiary/aromatic N) is 1. The van der Waals surface area contributed by atoms with Gasteiger partial charge >= 0.3 is 0 Å². The Morgan fingerprint density at radius 2 is 1.97 bits per heavy atom. The summed E-state index contributed by atoms with van der Waals surface area (Å²) in [7, 11) is 5.18. The Kier molecular flexibility index (Phi) is 11.9. The molecular formula is C22H34IN3O3. The molecule has 2 rings (SSSR count). The van der Waals surface area contributed by atoms with Crippen LogP contribution in [0.25, 0.3) is 0 Å². The fourth-order valence-electron chi connectivity index (χ4n) is 3.70. The number of guanidine groups is 1. The van der Waals surface area contributed by atoms with Gasteiger partial charge in [0.1, 0.15) is 6.61 Å². The molecule has 0 unspecified atom stereocenters. The van der Waals surface area contributed by atoms with Crippen molar-refractivity contribution in [1.29, 1.82) is 0 Å². The van der Waals surface area contributed by atoms with Crippen molar-refractivity contribution in [2.24, 2.45) is 10.4 Å². The van der Waals surface area contributed by atoms with Gasteiger partial charge in [-0.25, -0.2) is 0 Å². The van der Waals surface area contributed by atoms with Crippen LogP contribution < -0.4 is 20.1 Å². The first-order valence-corrected chi connectivity index (χ1v) is 9.83. The van der Waals surface area contributed by atoms with E-state index in [-0.39, 0.29) is 30.6 Å². The summed E-state index contributed by atoms with van der Waals surface area (Å²) >= 11 is 0. The molecule has 0 amide bonds. The minimum Gasteiger partial charge on any atom is -0.493 e. The van der Waals surface area contributed by atoms with Gasteiger partial charge in [-0.3, -0.25) is 4.99 Å². The third kappa shape index (κ3) is 7.94. The maximum absolute atomic E-state index is 5.57. The zero-order valence-electron chi connectivity index (χ0n) is 17.8. The van der Waals surface area contributed by atoms with Crippen molar-refractivity contribution in [3.05, 3.63) is 23.8 Å². The van der Waals surface area contributed by atoms with E-state index in [1.165, 1.54) is 25.7 Å². The Hall–Kier alpha value is -1.66. The summed E-state index contributed by atoms with van der Waals surface area (Å²) in [5.41, 5.74) is 1.37. The number of hydrogen-bond donors (Lipinski definition) is 2. The lowest BCUT2D eigenvalue weighted by molar-refractivity contribution is 0.138. The molecule has 0 aliphatic heterocycles. The third-order valence-corrected chi connectivity index (χ3v) is 5.35. The molecule has 162 valence electrons. The molecule has 1 saturated carbocycles. The Balaban J connectivity index is 0.00000420. The summed E-state index contributed by atoms with van der Waals surface area (Å²) in [5, 5.41) is 6.88. The second kappa shape index (κ2) is 13.5. The van der Waals surface area contributed by atoms with Crippen LogP contribution in [0, 0.1) is 17.8 Å². The number of ether oxygens (including phenoxy) is 3. The van der Waals surface area contributed by atoms with Crippen LogP contribution in [0.1, 0.15) is 37.7 Å². The van der Waals surface area contributed by atoms with E-state index in [0.29, 0.717) is 23.5 Å². The standard InChI is InChI=1S/C22H33N3O3.HI/c1-5-13-28-20-15-18(8-9-19(20)27-4)16-24-21(23-2)25-17-22(12-14-26-3)10-6-7-11-22;/h1,8-9,15H,6-7,10-14,16-17H2,2-4H3,(H2,23,24,25);1H. The number of nitrogens with one attached hydrogen (secondary N) is 2. The number of hydrogen-bond acceptors (Lipinski definition) is 4. The highest BCUT2D eigenvalue weighted by Crippen LogP contribution is 2.40. The molecule has 2 N–H and O–H groups in total. The van der Waals surface area contributed by atoms with Crippen LogP contribution in [0.4, 0.5) is 0 Å². The number of aliphatic imine (C=N–C) groups is 1. The van der Waals surface area contributed by atoms with Crippen molar-refractivity contribution in [2.75, 3.05) is 41.0 Å². The first-order chi connectivity index (χ1) is 13.7. The van der Waals surface area contributed by atoms with E-state index < -0.39 is 0 Å². The Labute approximate surface area is 192 Å². The molecule has 29 heavy (non-hydrogen) atoms. The largest absolute Gasteiger partial charge is 0.493 e. The predicted octanol–water partition coefficient (Wildman–Crippen LogP) is 3.59. The molecule has 0 aromatic heterocycles. The van der Waals surface area contributed by atoms with Crippen LogP contribution in [0.3, 0.4) is 0 Å². The lowest BCUT2D eigenvalue weighted by atomic mass is 9.83. The first kappa shape index (κ1) is 25.4. The topological polar surface area (TPSA) is 64.1 Å². The van der Waals surface area contributed by atoms with Gasteiger partial charge in [0.2, 0.25) is 0 Å². The summed E-state index contributed by atoms with van der Waals surface area (Å²) in [5.74, 6) is 4.59. The minimum absolute atomic E-state index is 0. The van der Waals surface area contributed by atoms with E-state index in [1.807, 2.05) is 18.2 Å². The van der Waals surface area contributed by atoms with Gasteiger partial charge in [-0.2, -0.15) is 0 Å². The molecule has 6 nitrogen and oxygen atoms in total. The third-order valence-electron chi connectivity index (χ3n) is 5.35. The maximum Gasteiger partial charge on any atom is 0.191 e. The van der Waals surface area contributed by atoms with Gasteiger partial charge in [0.15, 0.2) is 17.5 Å². The van der Waals surface area contributed by atoms with E-state index in [2.05, 4.69) is 21.5 Å². The number of benzene rings is 1. The molecule has 0 heterocycles. The molecule has 1 fully saturated rings. The quantitative estimate of drug-likeness (QED) is 0.216. The van der Waals surface area contributed by atoms with E-state index >= 15 is 0 Å². The Bertz CT molecular complexity index is 682. The molecule has 1 aliphatic carbocycles. The van der Waals surface area contributed by atoms with Gasteiger partial charge in [0.05, 0.1) is 7.11 Å². The summed E-state index contributed by atoms with van der Waals surface area (Å²) in [6.07, 6.45) is 11.5. The van der Waals surface area contributed by atoms with Crippen LogP contribution >= 0.6 is 24.0 Å². The van der Waals surface area contributed by atoms with Crippen LogP contribution in [-0.4, -0.2) is 47.0 Å². The van der Waals surface area contributed by atoms with Crippen LogP contribution in [0.5, 0.6) is 11.5 Å². The van der Waals surface area contributed by atoms with E-state index in [0.717, 1.165) is 31.1 Å². The average molecular weight is 515 g/mol. The minimum atomic E-state index is 0. The van der Waals surface area contributed by atoms with Crippen molar-refractivity contribution in [3.8, 4) is 23.8 Å². The van der Waals surface area contributed by atoms with E-state index in [1.54, 1.807) is 21.3 Å². The second-order valence-corrected chi connectivity index (χ2v) is 7.21. The number of rotatable bonds is 10. The highest BCUT2D eigenvalue weighted by molar-refractivity contribution is 14.0. The Morgan fingerprint density at radius 1 is 1.21 bits per heavy atom. The fraction of sp³-hybridized carbons (Fsp3) is 0.591. The van der Waals surface area contributed by atoms with Gasteiger partial charge in [-0.15, -0.1) is 30.4 Å².